The van der Waals surface area contributed by atoms with Crippen molar-refractivity contribution in [1.29, 1.82) is 5.26 Å². The largest absolute Gasteiger partial charge is 0.457 e. The SMILES string of the molecule is N#CC(=Cc1ccc(-c2c(Cl)cccc2Cl)o1)C(N)=S. The summed E-state index contributed by atoms with van der Waals surface area (Å²) in [4.78, 5) is 0.0150. The minimum Gasteiger partial charge on any atom is -0.457 e. The van der Waals surface area contributed by atoms with Crippen LogP contribution in [0.15, 0.2) is 40.3 Å². The molecule has 6 heteroatoms. The molecule has 0 amide bonds. The van der Waals surface area contributed by atoms with Gasteiger partial charge < -0.3 is 10.2 Å². The van der Waals surface area contributed by atoms with Gasteiger partial charge in [0.2, 0.25) is 0 Å². The van der Waals surface area contributed by atoms with Gasteiger partial charge in [-0.15, -0.1) is 0 Å². The van der Waals surface area contributed by atoms with Gasteiger partial charge in [-0.3, -0.25) is 0 Å². The molecule has 1 aromatic carbocycles. The first-order valence-corrected chi connectivity index (χ1v) is 6.65. The van der Waals surface area contributed by atoms with E-state index >= 15 is 0 Å². The zero-order valence-corrected chi connectivity index (χ0v) is 12.4. The van der Waals surface area contributed by atoms with Crippen molar-refractivity contribution >= 4 is 46.5 Å². The van der Waals surface area contributed by atoms with Crippen molar-refractivity contribution in [2.75, 3.05) is 0 Å². The molecular weight excluding hydrogens is 315 g/mol. The Morgan fingerprint density at radius 3 is 2.45 bits per heavy atom. The second kappa shape index (κ2) is 6.10. The number of hydrogen-bond acceptors (Lipinski definition) is 3. The lowest BCUT2D eigenvalue weighted by Gasteiger charge is -2.02. The summed E-state index contributed by atoms with van der Waals surface area (Å²) in [5.41, 5.74) is 6.19. The van der Waals surface area contributed by atoms with Crippen LogP contribution in [-0.2, 0) is 0 Å². The van der Waals surface area contributed by atoms with Crippen molar-refractivity contribution in [1.82, 2.24) is 0 Å². The quantitative estimate of drug-likeness (QED) is 0.515. The molecule has 0 spiro atoms. The number of hydrogen-bond donors (Lipinski definition) is 1. The molecule has 0 aliphatic heterocycles. The standard InChI is InChI=1S/C14H8Cl2N2OS/c15-10-2-1-3-11(16)13(10)12-5-4-9(19-12)6-8(7-17)14(18)20/h1-6H,(H2,18,20). The normalized spacial score (nSPS) is 11.2. The second-order valence-electron chi connectivity index (χ2n) is 3.83. The number of rotatable bonds is 3. The van der Waals surface area contributed by atoms with E-state index in [4.69, 9.17) is 50.8 Å². The number of furan rings is 1. The van der Waals surface area contributed by atoms with Crippen molar-refractivity contribution in [3.63, 3.8) is 0 Å². The average molecular weight is 323 g/mol. The lowest BCUT2D eigenvalue weighted by Crippen LogP contribution is -2.09. The van der Waals surface area contributed by atoms with Crippen LogP contribution in [0.4, 0.5) is 0 Å². The third-order valence-electron chi connectivity index (χ3n) is 2.51. The highest BCUT2D eigenvalue weighted by molar-refractivity contribution is 7.80. The van der Waals surface area contributed by atoms with Crippen LogP contribution in [-0.4, -0.2) is 4.99 Å². The molecule has 20 heavy (non-hydrogen) atoms. The predicted molar refractivity (Wildman–Crippen MR) is 84.5 cm³/mol. The van der Waals surface area contributed by atoms with Crippen LogP contribution in [0.1, 0.15) is 5.76 Å². The van der Waals surface area contributed by atoms with Gasteiger partial charge in [0.05, 0.1) is 21.2 Å². The van der Waals surface area contributed by atoms with E-state index in [-0.39, 0.29) is 10.6 Å². The minimum atomic E-state index is 0.0150. The molecule has 0 radical (unpaired) electrons. The van der Waals surface area contributed by atoms with Crippen molar-refractivity contribution in [3.05, 3.63) is 51.7 Å². The fraction of sp³-hybridized carbons (Fsp3) is 0. The van der Waals surface area contributed by atoms with Crippen LogP contribution >= 0.6 is 35.4 Å². The maximum Gasteiger partial charge on any atom is 0.137 e. The van der Waals surface area contributed by atoms with Gasteiger partial charge in [-0.1, -0.05) is 41.5 Å². The summed E-state index contributed by atoms with van der Waals surface area (Å²) in [5.74, 6) is 0.951. The Kier molecular flexibility index (Phi) is 4.46. The van der Waals surface area contributed by atoms with Gasteiger partial charge in [0, 0.05) is 6.08 Å². The molecule has 2 N–H and O–H groups in total. The molecule has 2 rings (SSSR count). The molecule has 0 saturated heterocycles. The van der Waals surface area contributed by atoms with Crippen LogP contribution in [0.3, 0.4) is 0 Å². The molecule has 1 aromatic heterocycles. The van der Waals surface area contributed by atoms with E-state index < -0.39 is 0 Å². The molecule has 1 heterocycles. The van der Waals surface area contributed by atoms with E-state index in [0.29, 0.717) is 27.1 Å². The van der Waals surface area contributed by atoms with Gasteiger partial charge in [-0.25, -0.2) is 0 Å². The van der Waals surface area contributed by atoms with Gasteiger partial charge in [0.1, 0.15) is 22.6 Å². The molecule has 0 bridgehead atoms. The molecule has 0 saturated carbocycles. The third kappa shape index (κ3) is 3.02. The van der Waals surface area contributed by atoms with E-state index in [1.54, 1.807) is 30.3 Å². The molecule has 0 aliphatic rings. The Morgan fingerprint density at radius 1 is 1.25 bits per heavy atom. The molecule has 0 fully saturated rings. The highest BCUT2D eigenvalue weighted by atomic mass is 35.5. The summed E-state index contributed by atoms with van der Waals surface area (Å²) in [5, 5.41) is 9.87. The predicted octanol–water partition coefficient (Wildman–Crippen LogP) is 4.45. The van der Waals surface area contributed by atoms with E-state index in [9.17, 15) is 0 Å². The van der Waals surface area contributed by atoms with Gasteiger partial charge in [0.15, 0.2) is 0 Å². The fourth-order valence-electron chi connectivity index (χ4n) is 1.60. The molecule has 100 valence electrons. The summed E-state index contributed by atoms with van der Waals surface area (Å²) in [6.45, 7) is 0. The van der Waals surface area contributed by atoms with Gasteiger partial charge >= 0.3 is 0 Å². The van der Waals surface area contributed by atoms with Crippen molar-refractivity contribution < 1.29 is 4.42 Å². The maximum absolute atomic E-state index is 8.90. The number of benzene rings is 1. The van der Waals surface area contributed by atoms with Crippen LogP contribution in [0.25, 0.3) is 17.4 Å². The smallest absolute Gasteiger partial charge is 0.137 e. The summed E-state index contributed by atoms with van der Waals surface area (Å²) in [7, 11) is 0. The highest BCUT2D eigenvalue weighted by Gasteiger charge is 2.12. The fourth-order valence-corrected chi connectivity index (χ4v) is 2.29. The summed E-state index contributed by atoms with van der Waals surface area (Å²) in [6.07, 6.45) is 1.47. The number of halogens is 2. The second-order valence-corrected chi connectivity index (χ2v) is 5.09. The number of thiocarbonyl (C=S) groups is 1. The summed E-state index contributed by atoms with van der Waals surface area (Å²) >= 11 is 17.0. The third-order valence-corrected chi connectivity index (χ3v) is 3.36. The topological polar surface area (TPSA) is 63.0 Å². The molecular formula is C14H8Cl2N2OS. The van der Waals surface area contributed by atoms with E-state index in [0.717, 1.165) is 0 Å². The lowest BCUT2D eigenvalue weighted by molar-refractivity contribution is 0.571. The maximum atomic E-state index is 8.90. The Bertz CT molecular complexity index is 724. The monoisotopic (exact) mass is 322 g/mol. The molecule has 0 unspecified atom stereocenters. The van der Waals surface area contributed by atoms with Gasteiger partial charge in [-0.2, -0.15) is 5.26 Å². The van der Waals surface area contributed by atoms with E-state index in [1.807, 2.05) is 6.07 Å². The molecule has 0 atom stereocenters. The first-order chi connectivity index (χ1) is 9.52. The van der Waals surface area contributed by atoms with E-state index in [1.165, 1.54) is 6.08 Å². The van der Waals surface area contributed by atoms with Crippen molar-refractivity contribution in [2.24, 2.45) is 5.73 Å². The Balaban J connectivity index is 2.45. The van der Waals surface area contributed by atoms with Crippen LogP contribution in [0.2, 0.25) is 10.0 Å². The first-order valence-electron chi connectivity index (χ1n) is 5.48. The number of nitrogens with zero attached hydrogens (tertiary/aromatic N) is 1. The van der Waals surface area contributed by atoms with Gasteiger partial charge in [0.25, 0.3) is 0 Å². The first kappa shape index (κ1) is 14.6. The molecule has 0 aliphatic carbocycles. The molecule has 3 nitrogen and oxygen atoms in total. The van der Waals surface area contributed by atoms with Crippen LogP contribution in [0.5, 0.6) is 0 Å². The minimum absolute atomic E-state index is 0.0150. The number of nitrogens with two attached hydrogens (primary N) is 1. The van der Waals surface area contributed by atoms with E-state index in [2.05, 4.69) is 0 Å². The zero-order chi connectivity index (χ0) is 14.7. The Hall–Kier alpha value is -1.80. The number of nitriles is 1. The van der Waals surface area contributed by atoms with Gasteiger partial charge in [-0.05, 0) is 24.3 Å². The Morgan fingerprint density at radius 2 is 1.90 bits per heavy atom. The average Bonchev–Trinajstić information content (AvgIpc) is 2.83. The van der Waals surface area contributed by atoms with Crippen molar-refractivity contribution in [3.8, 4) is 17.4 Å². The molecule has 2 aromatic rings. The Labute approximate surface area is 131 Å². The lowest BCUT2D eigenvalue weighted by atomic mass is 10.2. The van der Waals surface area contributed by atoms with Crippen molar-refractivity contribution in [2.45, 2.75) is 0 Å². The summed E-state index contributed by atoms with van der Waals surface area (Å²) < 4.78 is 5.60. The highest BCUT2D eigenvalue weighted by Crippen LogP contribution is 2.35. The summed E-state index contributed by atoms with van der Waals surface area (Å²) in [6, 6.07) is 10.5. The van der Waals surface area contributed by atoms with Crippen LogP contribution in [0, 0.1) is 11.3 Å². The van der Waals surface area contributed by atoms with Crippen LogP contribution < -0.4 is 5.73 Å². The zero-order valence-electron chi connectivity index (χ0n) is 10.1.